The smallest absolute Gasteiger partial charge is 0.150 e. The lowest BCUT2D eigenvalue weighted by molar-refractivity contribution is 0.112. The Kier molecular flexibility index (Phi) is 4.65. The molecule has 0 aromatic heterocycles. The predicted molar refractivity (Wildman–Crippen MR) is 95.7 cm³/mol. The summed E-state index contributed by atoms with van der Waals surface area (Å²) in [7, 11) is 0. The largest absolute Gasteiger partial charge is 0.457 e. The third kappa shape index (κ3) is 4.22. The van der Waals surface area contributed by atoms with Crippen molar-refractivity contribution in [2.75, 3.05) is 0 Å². The molecule has 23 heavy (non-hydrogen) atoms. The van der Waals surface area contributed by atoms with Crippen LogP contribution in [0.15, 0.2) is 42.5 Å². The van der Waals surface area contributed by atoms with Crippen LogP contribution >= 0.6 is 0 Å². The third-order valence-corrected chi connectivity index (χ3v) is 3.90. The number of aldehydes is 1. The van der Waals surface area contributed by atoms with E-state index in [4.69, 9.17) is 4.74 Å². The van der Waals surface area contributed by atoms with Crippen LogP contribution < -0.4 is 4.74 Å². The summed E-state index contributed by atoms with van der Waals surface area (Å²) in [4.78, 5) is 10.8. The topological polar surface area (TPSA) is 26.3 Å². The number of benzene rings is 2. The van der Waals surface area contributed by atoms with Gasteiger partial charge in [0.25, 0.3) is 0 Å². The van der Waals surface area contributed by atoms with Crippen LogP contribution in [-0.4, -0.2) is 6.29 Å². The first-order valence-electron chi connectivity index (χ1n) is 7.99. The van der Waals surface area contributed by atoms with Crippen molar-refractivity contribution in [3.05, 3.63) is 59.2 Å². The maximum absolute atomic E-state index is 10.8. The van der Waals surface area contributed by atoms with Gasteiger partial charge in [0.15, 0.2) is 0 Å². The number of ether oxygens (including phenoxy) is 1. The van der Waals surface area contributed by atoms with E-state index in [1.165, 1.54) is 11.1 Å². The summed E-state index contributed by atoms with van der Waals surface area (Å²) in [6.45, 7) is 13.2. The van der Waals surface area contributed by atoms with Crippen LogP contribution in [0, 0.1) is 0 Å². The van der Waals surface area contributed by atoms with Gasteiger partial charge in [0.1, 0.15) is 17.8 Å². The Hall–Kier alpha value is -2.09. The van der Waals surface area contributed by atoms with E-state index in [9.17, 15) is 4.79 Å². The lowest BCUT2D eigenvalue weighted by Crippen LogP contribution is -2.17. The predicted octanol–water partition coefficient (Wildman–Crippen LogP) is 5.89. The summed E-state index contributed by atoms with van der Waals surface area (Å²) in [6, 6.07) is 13.6. The summed E-state index contributed by atoms with van der Waals surface area (Å²) in [5.74, 6) is 1.61. The van der Waals surface area contributed by atoms with E-state index in [0.717, 1.165) is 17.8 Å². The summed E-state index contributed by atoms with van der Waals surface area (Å²) in [5, 5.41) is 0. The van der Waals surface area contributed by atoms with Crippen LogP contribution in [-0.2, 0) is 10.8 Å². The van der Waals surface area contributed by atoms with E-state index in [1.54, 1.807) is 12.1 Å². The number of rotatable bonds is 3. The average molecular weight is 310 g/mol. The highest BCUT2D eigenvalue weighted by Gasteiger charge is 2.23. The van der Waals surface area contributed by atoms with Crippen molar-refractivity contribution in [3.8, 4) is 11.5 Å². The highest BCUT2D eigenvalue weighted by molar-refractivity contribution is 5.74. The summed E-state index contributed by atoms with van der Waals surface area (Å²) in [5.41, 5.74) is 3.22. The van der Waals surface area contributed by atoms with Gasteiger partial charge in [-0.3, -0.25) is 4.79 Å². The molecular formula is C21H26O2. The average Bonchev–Trinajstić information content (AvgIpc) is 2.46. The zero-order valence-corrected chi connectivity index (χ0v) is 14.9. The molecule has 0 spiro atoms. The van der Waals surface area contributed by atoms with Crippen molar-refractivity contribution in [3.63, 3.8) is 0 Å². The molecule has 0 aliphatic carbocycles. The molecule has 0 saturated carbocycles. The molecule has 2 nitrogen and oxygen atoms in total. The quantitative estimate of drug-likeness (QED) is 0.661. The molecule has 0 aliphatic rings. The maximum atomic E-state index is 10.8. The van der Waals surface area contributed by atoms with Gasteiger partial charge in [-0.2, -0.15) is 0 Å². The van der Waals surface area contributed by atoms with Crippen molar-refractivity contribution in [1.82, 2.24) is 0 Å². The molecule has 0 saturated heterocycles. The number of hydrogen-bond acceptors (Lipinski definition) is 2. The molecule has 2 rings (SSSR count). The molecule has 0 N–H and O–H groups in total. The Morgan fingerprint density at radius 3 is 1.91 bits per heavy atom. The van der Waals surface area contributed by atoms with Gasteiger partial charge in [-0.25, -0.2) is 0 Å². The minimum atomic E-state index is -0.0146. The van der Waals surface area contributed by atoms with Crippen LogP contribution in [0.3, 0.4) is 0 Å². The second-order valence-corrected chi connectivity index (χ2v) is 8.00. The van der Waals surface area contributed by atoms with Crippen molar-refractivity contribution in [1.29, 1.82) is 0 Å². The van der Waals surface area contributed by atoms with Crippen molar-refractivity contribution in [2.24, 2.45) is 0 Å². The van der Waals surface area contributed by atoms with Gasteiger partial charge in [0.2, 0.25) is 0 Å². The molecule has 2 aromatic rings. The van der Waals surface area contributed by atoms with E-state index < -0.39 is 0 Å². The zero-order chi connectivity index (χ0) is 17.3. The van der Waals surface area contributed by atoms with Gasteiger partial charge in [0, 0.05) is 11.1 Å². The van der Waals surface area contributed by atoms with E-state index in [1.807, 2.05) is 12.1 Å². The number of hydrogen-bond donors (Lipinski definition) is 0. The van der Waals surface area contributed by atoms with Crippen LogP contribution in [0.2, 0.25) is 0 Å². The molecule has 0 bridgehead atoms. The fraction of sp³-hybridized carbons (Fsp3) is 0.381. The Bertz CT molecular complexity index is 683. The van der Waals surface area contributed by atoms with E-state index in [2.05, 4.69) is 59.7 Å². The summed E-state index contributed by atoms with van der Waals surface area (Å²) >= 11 is 0. The second-order valence-electron chi connectivity index (χ2n) is 8.00. The fourth-order valence-corrected chi connectivity index (χ4v) is 2.41. The van der Waals surface area contributed by atoms with E-state index >= 15 is 0 Å². The van der Waals surface area contributed by atoms with E-state index in [0.29, 0.717) is 5.56 Å². The minimum absolute atomic E-state index is 0.0146. The molecule has 2 aromatic carbocycles. The normalized spacial score (nSPS) is 12.1. The summed E-state index contributed by atoms with van der Waals surface area (Å²) in [6.07, 6.45) is 0.836. The first kappa shape index (κ1) is 17.3. The molecule has 0 radical (unpaired) electrons. The SMILES string of the molecule is CC(C)(C)c1ccc(Oc2ccc(C=O)cc2)c(C(C)(C)C)c1. The van der Waals surface area contributed by atoms with Gasteiger partial charge in [-0.05, 0) is 46.7 Å². The second kappa shape index (κ2) is 6.19. The highest BCUT2D eigenvalue weighted by Crippen LogP contribution is 2.37. The summed E-state index contributed by atoms with van der Waals surface area (Å²) < 4.78 is 6.09. The first-order valence-corrected chi connectivity index (χ1v) is 7.99. The molecular weight excluding hydrogens is 284 g/mol. The molecule has 0 unspecified atom stereocenters. The highest BCUT2D eigenvalue weighted by atomic mass is 16.5. The molecule has 0 aliphatic heterocycles. The maximum Gasteiger partial charge on any atom is 0.150 e. The lowest BCUT2D eigenvalue weighted by atomic mass is 9.80. The van der Waals surface area contributed by atoms with Gasteiger partial charge >= 0.3 is 0 Å². The van der Waals surface area contributed by atoms with Crippen LogP contribution in [0.5, 0.6) is 11.5 Å². The Labute approximate surface area is 139 Å². The Morgan fingerprint density at radius 2 is 1.43 bits per heavy atom. The zero-order valence-electron chi connectivity index (χ0n) is 14.9. The Morgan fingerprint density at radius 1 is 0.826 bits per heavy atom. The Balaban J connectivity index is 2.42. The standard InChI is InChI=1S/C21H26O2/c1-20(2,3)16-9-12-19(18(13-16)21(4,5)6)23-17-10-7-15(14-22)8-11-17/h7-14H,1-6H3. The lowest BCUT2D eigenvalue weighted by Gasteiger charge is -2.27. The molecule has 2 heteroatoms. The van der Waals surface area contributed by atoms with Gasteiger partial charge in [-0.15, -0.1) is 0 Å². The van der Waals surface area contributed by atoms with Crippen LogP contribution in [0.25, 0.3) is 0 Å². The molecule has 0 atom stereocenters. The molecule has 122 valence electrons. The number of carbonyl (C=O) groups is 1. The minimum Gasteiger partial charge on any atom is -0.457 e. The fourth-order valence-electron chi connectivity index (χ4n) is 2.41. The van der Waals surface area contributed by atoms with Gasteiger partial charge in [0.05, 0.1) is 0 Å². The van der Waals surface area contributed by atoms with Crippen LogP contribution in [0.1, 0.15) is 63.0 Å². The monoisotopic (exact) mass is 310 g/mol. The molecule has 0 fully saturated rings. The molecule has 0 heterocycles. The third-order valence-electron chi connectivity index (χ3n) is 3.90. The van der Waals surface area contributed by atoms with Crippen molar-refractivity contribution in [2.45, 2.75) is 52.4 Å². The van der Waals surface area contributed by atoms with Crippen LogP contribution in [0.4, 0.5) is 0 Å². The first-order chi connectivity index (χ1) is 10.6. The van der Waals surface area contributed by atoms with Crippen molar-refractivity contribution >= 4 is 6.29 Å². The van der Waals surface area contributed by atoms with Gasteiger partial charge < -0.3 is 4.74 Å². The molecule has 0 amide bonds. The van der Waals surface area contributed by atoms with Crippen molar-refractivity contribution < 1.29 is 9.53 Å². The van der Waals surface area contributed by atoms with Gasteiger partial charge in [-0.1, -0.05) is 53.7 Å². The number of carbonyl (C=O) groups excluding carboxylic acids is 1. The van der Waals surface area contributed by atoms with E-state index in [-0.39, 0.29) is 10.8 Å².